The molecule has 1 aliphatic rings. The Morgan fingerprint density at radius 1 is 0.792 bits per heavy atom. The van der Waals surface area contributed by atoms with Gasteiger partial charge < -0.3 is 10.2 Å². The van der Waals surface area contributed by atoms with Gasteiger partial charge in [0.1, 0.15) is 11.3 Å². The Labute approximate surface area is 320 Å². The van der Waals surface area contributed by atoms with Crippen LogP contribution in [0.1, 0.15) is 34.0 Å². The van der Waals surface area contributed by atoms with Crippen LogP contribution in [-0.4, -0.2) is 106 Å². The number of carbonyl (C=O) groups is 2. The number of hydrogen-bond donors (Lipinski definition) is 3. The number of aromatic hydroxyl groups is 1. The molecule has 0 bridgehead atoms. The van der Waals surface area contributed by atoms with E-state index in [1.165, 1.54) is 30.3 Å². The fourth-order valence-electron chi connectivity index (χ4n) is 4.74. The molecule has 13 nitrogen and oxygen atoms in total. The number of azo groups is 2. The molecule has 236 valence electrons. The van der Waals surface area contributed by atoms with Crippen LogP contribution in [0.15, 0.2) is 103 Å². The summed E-state index contributed by atoms with van der Waals surface area (Å²) in [6.45, 7) is 6.99. The molecule has 48 heavy (non-hydrogen) atoms. The van der Waals surface area contributed by atoms with Gasteiger partial charge in [0.15, 0.2) is 6.04 Å². The van der Waals surface area contributed by atoms with Crippen molar-refractivity contribution in [1.82, 2.24) is 0 Å². The largest absolute Gasteiger partial charge is 0.507 e. The van der Waals surface area contributed by atoms with Crippen LogP contribution in [0.5, 0.6) is 5.75 Å². The van der Waals surface area contributed by atoms with Crippen LogP contribution in [0.25, 0.3) is 11.1 Å². The summed E-state index contributed by atoms with van der Waals surface area (Å²) in [5.41, 5.74) is 5.82. The van der Waals surface area contributed by atoms with Gasteiger partial charge in [0.05, 0.1) is 33.4 Å². The van der Waals surface area contributed by atoms with E-state index in [9.17, 15) is 32.8 Å². The summed E-state index contributed by atoms with van der Waals surface area (Å²) < 4.78 is 31.8. The van der Waals surface area contributed by atoms with Gasteiger partial charge in [-0.1, -0.05) is 12.1 Å². The maximum absolute atomic E-state index is 13.0. The van der Waals surface area contributed by atoms with Gasteiger partial charge in [-0.2, -0.15) is 39.0 Å². The number of amides is 1. The van der Waals surface area contributed by atoms with Gasteiger partial charge in [-0.05, 0) is 116 Å². The number of phenols is 1. The van der Waals surface area contributed by atoms with Crippen LogP contribution in [0.3, 0.4) is 0 Å². The number of anilines is 1. The average molecular weight is 687 g/mol. The third-order valence-corrected chi connectivity index (χ3v) is 8.14. The molecule has 1 amide bonds. The van der Waals surface area contributed by atoms with Gasteiger partial charge in [0, 0.05) is 59.1 Å². The minimum Gasteiger partial charge on any atom is -0.507 e. The van der Waals surface area contributed by atoms with Crippen molar-refractivity contribution in [2.24, 2.45) is 25.6 Å². The summed E-state index contributed by atoms with van der Waals surface area (Å²) in [6.07, 6.45) is 0. The molecule has 2 radical (unpaired) electrons. The predicted molar refractivity (Wildman–Crippen MR) is 182 cm³/mol. The first kappa shape index (κ1) is 38.8. The zero-order valence-electron chi connectivity index (χ0n) is 27.1. The predicted octanol–water partition coefficient (Wildman–Crippen LogP) is 6.46. The molecule has 0 fully saturated rings. The Hall–Kier alpha value is -3.60. The van der Waals surface area contributed by atoms with E-state index in [1.54, 1.807) is 32.0 Å². The Morgan fingerprint density at radius 2 is 1.35 bits per heavy atom. The molecule has 4 aromatic rings. The molecule has 1 heterocycles. The summed E-state index contributed by atoms with van der Waals surface area (Å²) in [7, 11) is -4.37. The topological polar surface area (TPSA) is 194 Å². The van der Waals surface area contributed by atoms with E-state index in [2.05, 4.69) is 25.6 Å². The number of rotatable bonds is 8. The van der Waals surface area contributed by atoms with Crippen molar-refractivity contribution in [2.45, 2.75) is 38.6 Å². The molecule has 0 spiro atoms. The van der Waals surface area contributed by atoms with Gasteiger partial charge in [0.2, 0.25) is 0 Å². The molecule has 0 aliphatic carbocycles. The summed E-state index contributed by atoms with van der Waals surface area (Å²) in [5.74, 6) is -2.01. The third-order valence-electron chi connectivity index (χ3n) is 7.27. The van der Waals surface area contributed by atoms with Crippen molar-refractivity contribution >= 4 is 110 Å². The van der Waals surface area contributed by atoms with Gasteiger partial charge in [-0.3, -0.25) is 9.35 Å². The minimum atomic E-state index is -4.37. The van der Waals surface area contributed by atoms with Gasteiger partial charge >= 0.3 is 5.97 Å². The zero-order valence-corrected chi connectivity index (χ0v) is 31.9. The van der Waals surface area contributed by atoms with E-state index >= 15 is 0 Å². The Bertz CT molecular complexity index is 2100. The van der Waals surface area contributed by atoms with E-state index in [0.29, 0.717) is 34.0 Å². The van der Waals surface area contributed by atoms with Gasteiger partial charge in [0.25, 0.3) is 16.0 Å². The molecular weight excluding hydrogens is 658 g/mol. The van der Waals surface area contributed by atoms with E-state index in [-0.39, 0.29) is 75.3 Å². The molecule has 5 rings (SSSR count). The summed E-state index contributed by atoms with van der Waals surface area (Å²) in [4.78, 5) is 24.1. The average Bonchev–Trinajstić information content (AvgIpc) is 3.29. The van der Waals surface area contributed by atoms with Crippen molar-refractivity contribution in [1.29, 1.82) is 0 Å². The molecule has 1 atom stereocenters. The zero-order chi connectivity index (χ0) is 33.3. The van der Waals surface area contributed by atoms with E-state index in [4.69, 9.17) is 0 Å². The number of aromatic carboxylic acids is 1. The number of aryl methyl sites for hydroxylation is 3. The van der Waals surface area contributed by atoms with E-state index < -0.39 is 28.0 Å². The SMILES string of the molecule is CC1=NN(c2ccc(S(=O)(=O)O)cc2)C(=O)C1N=Nc1ccc(-c2ccc(N=Nc3cc(C)c(O)c(C(=O)O)c3)c(C)c2)cc1C.[Na].[Na]. The van der Waals surface area contributed by atoms with Gasteiger partial charge in [-0.25, -0.2) is 4.79 Å². The number of carboxylic acids is 1. The maximum atomic E-state index is 13.0. The van der Waals surface area contributed by atoms with Gasteiger partial charge in [-0.15, -0.1) is 0 Å². The second-order valence-electron chi connectivity index (χ2n) is 10.6. The fraction of sp³-hybridized carbons (Fsp3) is 0.156. The number of hydrazone groups is 1. The molecule has 0 saturated carbocycles. The molecule has 3 N–H and O–H groups in total. The number of nitrogens with zero attached hydrogens (tertiary/aromatic N) is 6. The monoisotopic (exact) mass is 686 g/mol. The van der Waals surface area contributed by atoms with Crippen LogP contribution in [0, 0.1) is 20.8 Å². The number of benzene rings is 4. The van der Waals surface area contributed by atoms with E-state index in [1.807, 2.05) is 38.1 Å². The number of carbonyl (C=O) groups excluding carboxylic acids is 1. The molecule has 0 saturated heterocycles. The fourth-order valence-corrected chi connectivity index (χ4v) is 5.22. The Morgan fingerprint density at radius 3 is 1.88 bits per heavy atom. The normalized spacial score (nSPS) is 14.6. The quantitative estimate of drug-likeness (QED) is 0.107. The number of carboxylic acid groups (broad SMARTS) is 1. The number of hydrogen-bond acceptors (Lipinski definition) is 10. The van der Waals surface area contributed by atoms with Crippen molar-refractivity contribution < 1.29 is 32.8 Å². The molecule has 1 unspecified atom stereocenters. The van der Waals surface area contributed by atoms with Crippen LogP contribution >= 0.6 is 0 Å². The molecular formula is C32H28N6Na2O7S. The second-order valence-corrected chi connectivity index (χ2v) is 12.1. The van der Waals surface area contributed by atoms with Crippen LogP contribution in [-0.2, 0) is 14.9 Å². The van der Waals surface area contributed by atoms with Crippen molar-refractivity contribution in [3.8, 4) is 16.9 Å². The summed E-state index contributed by atoms with van der Waals surface area (Å²) >= 11 is 0. The maximum Gasteiger partial charge on any atom is 0.339 e. The first-order valence-electron chi connectivity index (χ1n) is 13.8. The molecule has 0 aromatic heterocycles. The van der Waals surface area contributed by atoms with Crippen molar-refractivity contribution in [3.05, 3.63) is 95.1 Å². The summed E-state index contributed by atoms with van der Waals surface area (Å²) in [6, 6.07) is 18.2. The standard InChI is InChI=1S/C32H28N6O7S.2Na/c1-17-13-21(5-11-27(17)34-33-23-15-19(3)30(39)26(16-23)32(41)42)22-6-12-28(18(2)14-22)35-36-29-20(4)37-38(31(29)40)24-7-9-25(10-8-24)46(43,44)45;;/h5-16,29,39H,1-4H3,(H,41,42)(H,43,44,45);;. The second kappa shape index (κ2) is 15.7. The molecule has 1 aliphatic heterocycles. The first-order valence-corrected chi connectivity index (χ1v) is 15.2. The van der Waals surface area contributed by atoms with E-state index in [0.717, 1.165) is 27.3 Å². The molecule has 16 heteroatoms. The molecule has 4 aromatic carbocycles. The Balaban J connectivity index is 0.00000312. The summed E-state index contributed by atoms with van der Waals surface area (Å²) in [5, 5.41) is 41.7. The van der Waals surface area contributed by atoms with Crippen molar-refractivity contribution in [2.75, 3.05) is 5.01 Å². The Kier molecular flexibility index (Phi) is 12.7. The van der Waals surface area contributed by atoms with Crippen LogP contribution in [0.2, 0.25) is 0 Å². The van der Waals surface area contributed by atoms with Crippen LogP contribution < -0.4 is 5.01 Å². The first-order chi connectivity index (χ1) is 21.7. The smallest absolute Gasteiger partial charge is 0.339 e. The van der Waals surface area contributed by atoms with Crippen LogP contribution in [0.4, 0.5) is 22.7 Å². The minimum absolute atomic E-state index is 0. The third kappa shape index (κ3) is 8.51. The van der Waals surface area contributed by atoms with Crippen molar-refractivity contribution in [3.63, 3.8) is 0 Å².